The minimum atomic E-state index is -4.65. The average molecular weight is 530 g/mol. The number of alkyl halides is 3. The maximum atomic E-state index is 12.9. The van der Waals surface area contributed by atoms with E-state index in [0.29, 0.717) is 41.0 Å². The van der Waals surface area contributed by atoms with Gasteiger partial charge in [-0.3, -0.25) is 9.53 Å². The van der Waals surface area contributed by atoms with Crippen molar-refractivity contribution < 1.29 is 41.7 Å². The monoisotopic (exact) mass is 529 g/mol. The number of benzene rings is 1. The molecule has 1 amide bonds. The molecule has 1 aromatic carbocycles. The Bertz CT molecular complexity index is 1160. The van der Waals surface area contributed by atoms with Crippen LogP contribution in [-0.2, 0) is 14.3 Å². The van der Waals surface area contributed by atoms with Crippen LogP contribution in [0.4, 0.5) is 13.2 Å². The van der Waals surface area contributed by atoms with Crippen molar-refractivity contribution in [3.05, 3.63) is 40.6 Å². The summed E-state index contributed by atoms with van der Waals surface area (Å²) >= 11 is 5.98. The fourth-order valence-corrected chi connectivity index (χ4v) is 5.72. The van der Waals surface area contributed by atoms with Gasteiger partial charge < -0.3 is 24.3 Å². The Balaban J connectivity index is 1.02. The van der Waals surface area contributed by atoms with E-state index in [-0.39, 0.29) is 55.3 Å². The molecule has 2 bridgehead atoms. The van der Waals surface area contributed by atoms with Crippen LogP contribution in [-0.4, -0.2) is 58.0 Å². The number of hydrogen-bond donors (Lipinski definition) is 2. The first-order valence-electron chi connectivity index (χ1n) is 11.8. The SMILES string of the molecule is O=C(N[C@H]1C[C@H]2O[C@@H]1C[C@@H]2c1nnc(C2CC(OC(F)(F)F)C2)o1)[C@@H]1C[C@H](O)c2cc(Cl)ccc2O1. The quantitative estimate of drug-likeness (QED) is 0.604. The number of fused-ring (bicyclic) bond motifs is 3. The number of carbonyl (C=O) groups is 1. The second kappa shape index (κ2) is 8.86. The molecule has 4 aliphatic rings. The number of nitrogens with one attached hydrogen (secondary N) is 1. The lowest BCUT2D eigenvalue weighted by atomic mass is 9.82. The molecule has 194 valence electrons. The van der Waals surface area contributed by atoms with Gasteiger partial charge >= 0.3 is 6.36 Å². The van der Waals surface area contributed by atoms with Crippen LogP contribution in [0.5, 0.6) is 5.75 Å². The smallest absolute Gasteiger partial charge is 0.480 e. The molecule has 13 heteroatoms. The van der Waals surface area contributed by atoms with E-state index in [4.69, 9.17) is 25.5 Å². The minimum Gasteiger partial charge on any atom is -0.480 e. The highest BCUT2D eigenvalue weighted by Crippen LogP contribution is 2.46. The first-order valence-corrected chi connectivity index (χ1v) is 12.2. The molecule has 2 N–H and O–H groups in total. The van der Waals surface area contributed by atoms with E-state index >= 15 is 0 Å². The number of hydrogen-bond acceptors (Lipinski definition) is 8. The summed E-state index contributed by atoms with van der Waals surface area (Å²) in [4.78, 5) is 12.9. The number of rotatable bonds is 5. The number of nitrogens with zero attached hydrogens (tertiary/aromatic N) is 2. The average Bonchev–Trinajstić information content (AvgIpc) is 3.51. The third kappa shape index (κ3) is 4.55. The van der Waals surface area contributed by atoms with Crippen molar-refractivity contribution in [2.45, 2.75) is 86.9 Å². The second-order valence-electron chi connectivity index (χ2n) is 9.78. The van der Waals surface area contributed by atoms with E-state index in [1.165, 1.54) is 0 Å². The standard InChI is InChI=1S/C23H23ClF3N3O6/c24-10-1-2-16-12(5-10)15(31)8-19(33-16)20(32)28-14-7-17-13(6-18(14)34-17)22-30-29-21(35-22)9-3-11(4-9)36-23(25,26)27/h1-2,5,9,11,13-15,17-19,31H,3-4,6-8H2,(H,28,32)/t9?,11?,13-,14-,15-,17+,18+,19-/m0/s1. The fourth-order valence-electron chi connectivity index (χ4n) is 5.54. The van der Waals surface area contributed by atoms with Gasteiger partial charge in [-0.25, -0.2) is 0 Å². The Morgan fingerprint density at radius 2 is 1.89 bits per heavy atom. The summed E-state index contributed by atoms with van der Waals surface area (Å²) in [5, 5.41) is 22.0. The Labute approximate surface area is 208 Å². The lowest BCUT2D eigenvalue weighted by Gasteiger charge is -2.32. The van der Waals surface area contributed by atoms with E-state index < -0.39 is 24.7 Å². The van der Waals surface area contributed by atoms with Crippen molar-refractivity contribution in [1.82, 2.24) is 15.5 Å². The Morgan fingerprint density at radius 3 is 2.61 bits per heavy atom. The fraction of sp³-hybridized carbons (Fsp3) is 0.609. The van der Waals surface area contributed by atoms with Crippen LogP contribution in [0, 0.1) is 0 Å². The molecule has 1 aromatic heterocycles. The van der Waals surface area contributed by atoms with Gasteiger partial charge in [0.1, 0.15) is 5.75 Å². The topological polar surface area (TPSA) is 116 Å². The second-order valence-corrected chi connectivity index (χ2v) is 10.2. The van der Waals surface area contributed by atoms with Gasteiger partial charge in [-0.15, -0.1) is 23.4 Å². The van der Waals surface area contributed by atoms with Crippen LogP contribution in [0.15, 0.2) is 22.6 Å². The minimum absolute atomic E-state index is 0.115. The van der Waals surface area contributed by atoms with Crippen molar-refractivity contribution in [1.29, 1.82) is 0 Å². The Hall–Kier alpha value is -2.41. The number of halogens is 4. The lowest BCUT2D eigenvalue weighted by Crippen LogP contribution is -2.49. The van der Waals surface area contributed by atoms with Gasteiger partial charge in [0.2, 0.25) is 11.8 Å². The van der Waals surface area contributed by atoms with Gasteiger partial charge in [0.05, 0.1) is 36.4 Å². The molecule has 1 aliphatic carbocycles. The summed E-state index contributed by atoms with van der Waals surface area (Å²) in [7, 11) is 0. The van der Waals surface area contributed by atoms with Crippen LogP contribution >= 0.6 is 11.6 Å². The van der Waals surface area contributed by atoms with Crippen LogP contribution in [0.1, 0.15) is 67.4 Å². The summed E-state index contributed by atoms with van der Waals surface area (Å²) in [6, 6.07) is 4.68. The number of carbonyl (C=O) groups excluding carboxylic acids is 1. The number of amides is 1. The summed E-state index contributed by atoms with van der Waals surface area (Å²) in [6.45, 7) is 0. The maximum Gasteiger partial charge on any atom is 0.522 e. The number of aliphatic hydroxyl groups excluding tert-OH is 1. The molecule has 0 radical (unpaired) electrons. The normalized spacial score (nSPS) is 35.1. The molecule has 9 nitrogen and oxygen atoms in total. The van der Waals surface area contributed by atoms with Crippen molar-refractivity contribution in [3.63, 3.8) is 0 Å². The molecule has 3 aliphatic heterocycles. The molecule has 3 fully saturated rings. The highest BCUT2D eigenvalue weighted by atomic mass is 35.5. The van der Waals surface area contributed by atoms with E-state index in [1.54, 1.807) is 18.2 Å². The van der Waals surface area contributed by atoms with Crippen molar-refractivity contribution in [2.24, 2.45) is 0 Å². The van der Waals surface area contributed by atoms with Gasteiger partial charge in [0.15, 0.2) is 6.10 Å². The number of aromatic nitrogens is 2. The molecule has 0 spiro atoms. The van der Waals surface area contributed by atoms with Gasteiger partial charge in [-0.05, 0) is 43.9 Å². The summed E-state index contributed by atoms with van der Waals surface area (Å²) in [5.41, 5.74) is 0.557. The molecule has 2 saturated heterocycles. The van der Waals surface area contributed by atoms with Crippen molar-refractivity contribution in [3.8, 4) is 5.75 Å². The molecule has 6 atom stereocenters. The van der Waals surface area contributed by atoms with Crippen LogP contribution < -0.4 is 10.1 Å². The zero-order chi connectivity index (χ0) is 25.2. The molecule has 1 saturated carbocycles. The predicted octanol–water partition coefficient (Wildman–Crippen LogP) is 3.52. The van der Waals surface area contributed by atoms with Crippen LogP contribution in [0.3, 0.4) is 0 Å². The highest BCUT2D eigenvalue weighted by molar-refractivity contribution is 6.30. The Kier molecular flexibility index (Phi) is 5.90. The molecule has 0 unspecified atom stereocenters. The van der Waals surface area contributed by atoms with E-state index in [9.17, 15) is 23.1 Å². The van der Waals surface area contributed by atoms with E-state index in [0.717, 1.165) is 0 Å². The summed E-state index contributed by atoms with van der Waals surface area (Å²) in [5.74, 6) is 0.421. The molecular weight excluding hydrogens is 507 g/mol. The zero-order valence-corrected chi connectivity index (χ0v) is 19.5. The predicted molar refractivity (Wildman–Crippen MR) is 115 cm³/mol. The van der Waals surface area contributed by atoms with Crippen LogP contribution in [0.25, 0.3) is 0 Å². The summed E-state index contributed by atoms with van der Waals surface area (Å²) in [6.07, 6.45) is -6.12. The zero-order valence-electron chi connectivity index (χ0n) is 18.8. The highest BCUT2D eigenvalue weighted by Gasteiger charge is 2.51. The first-order chi connectivity index (χ1) is 17.1. The molecular formula is C23H23ClF3N3O6. The molecule has 36 heavy (non-hydrogen) atoms. The molecule has 6 rings (SSSR count). The molecule has 2 aromatic rings. The van der Waals surface area contributed by atoms with Gasteiger partial charge in [0.25, 0.3) is 5.91 Å². The van der Waals surface area contributed by atoms with E-state index in [1.807, 2.05) is 0 Å². The van der Waals surface area contributed by atoms with Crippen molar-refractivity contribution in [2.75, 3.05) is 0 Å². The number of aliphatic hydroxyl groups is 1. The Morgan fingerprint density at radius 1 is 1.11 bits per heavy atom. The van der Waals surface area contributed by atoms with Crippen LogP contribution in [0.2, 0.25) is 5.02 Å². The van der Waals surface area contributed by atoms with E-state index in [2.05, 4.69) is 20.3 Å². The van der Waals surface area contributed by atoms with Gasteiger partial charge in [-0.1, -0.05) is 11.6 Å². The third-order valence-corrected chi connectivity index (χ3v) is 7.63. The third-order valence-electron chi connectivity index (χ3n) is 7.39. The lowest BCUT2D eigenvalue weighted by molar-refractivity contribution is -0.352. The summed E-state index contributed by atoms with van der Waals surface area (Å²) < 4.78 is 58.6. The van der Waals surface area contributed by atoms with Gasteiger partial charge in [-0.2, -0.15) is 0 Å². The largest absolute Gasteiger partial charge is 0.522 e. The molecule has 4 heterocycles. The number of ether oxygens (including phenoxy) is 3. The first kappa shape index (κ1) is 24.0. The maximum absolute atomic E-state index is 12.9. The van der Waals surface area contributed by atoms with Crippen molar-refractivity contribution >= 4 is 17.5 Å². The van der Waals surface area contributed by atoms with Gasteiger partial charge in [0, 0.05) is 22.9 Å².